The highest BCUT2D eigenvalue weighted by atomic mass is 32.2. The van der Waals surface area contributed by atoms with E-state index in [1.807, 2.05) is 0 Å². The molecule has 0 unspecified atom stereocenters. The van der Waals surface area contributed by atoms with Gasteiger partial charge in [-0.1, -0.05) is 19.3 Å². The first-order valence-corrected chi connectivity index (χ1v) is 7.79. The number of carbonyl (C=O) groups excluding carboxylic acids is 1. The molecule has 1 rings (SSSR count). The van der Waals surface area contributed by atoms with E-state index < -0.39 is 21.7 Å². The summed E-state index contributed by atoms with van der Waals surface area (Å²) in [5.41, 5.74) is 0. The van der Waals surface area contributed by atoms with Gasteiger partial charge < -0.3 is 9.84 Å². The number of rotatable bonds is 6. The van der Waals surface area contributed by atoms with E-state index in [4.69, 9.17) is 5.11 Å². The van der Waals surface area contributed by atoms with Crippen molar-refractivity contribution in [3.8, 4) is 0 Å². The fourth-order valence-corrected chi connectivity index (χ4v) is 3.91. The third kappa shape index (κ3) is 4.22. The molecule has 0 aromatic carbocycles. The number of nitrogens with zero attached hydrogens (tertiary/aromatic N) is 1. The lowest BCUT2D eigenvalue weighted by atomic mass is 9.95. The van der Waals surface area contributed by atoms with Gasteiger partial charge in [-0.15, -0.1) is 0 Å². The average molecular weight is 279 g/mol. The molecular weight excluding hydrogens is 258 g/mol. The van der Waals surface area contributed by atoms with Crippen molar-refractivity contribution in [3.63, 3.8) is 0 Å². The number of ether oxygens (including phenoxy) is 1. The van der Waals surface area contributed by atoms with E-state index in [-0.39, 0.29) is 19.2 Å². The quantitative estimate of drug-likeness (QED) is 0.698. The molecule has 1 fully saturated rings. The van der Waals surface area contributed by atoms with E-state index in [2.05, 4.69) is 4.74 Å². The molecular formula is C11H21NO5S. The Morgan fingerprint density at radius 1 is 1.33 bits per heavy atom. The summed E-state index contributed by atoms with van der Waals surface area (Å²) in [7, 11) is -2.54. The molecule has 0 atom stereocenters. The first-order chi connectivity index (χ1) is 8.51. The average Bonchev–Trinajstić information content (AvgIpc) is 2.36. The summed E-state index contributed by atoms with van der Waals surface area (Å²) in [5.74, 6) is -1.42. The van der Waals surface area contributed by atoms with Gasteiger partial charge in [-0.2, -0.15) is 4.31 Å². The maximum absolute atomic E-state index is 12.1. The monoisotopic (exact) mass is 279 g/mol. The third-order valence-corrected chi connectivity index (χ3v) is 4.98. The molecule has 6 nitrogen and oxygen atoms in total. The van der Waals surface area contributed by atoms with Gasteiger partial charge in [0.25, 0.3) is 0 Å². The summed E-state index contributed by atoms with van der Waals surface area (Å²) >= 11 is 0. The first-order valence-electron chi connectivity index (χ1n) is 6.18. The standard InChI is InChI=1S/C11H21NO5S/c1-17-11(14)9-18(15,16)12(7-8-13)10-5-3-2-4-6-10/h10,13H,2-9H2,1H3. The minimum Gasteiger partial charge on any atom is -0.468 e. The van der Waals surface area contributed by atoms with Crippen molar-refractivity contribution >= 4 is 16.0 Å². The molecule has 0 bridgehead atoms. The van der Waals surface area contributed by atoms with Crippen molar-refractivity contribution in [3.05, 3.63) is 0 Å². The Morgan fingerprint density at radius 2 is 1.94 bits per heavy atom. The van der Waals surface area contributed by atoms with Crippen LogP contribution in [0.25, 0.3) is 0 Å². The lowest BCUT2D eigenvalue weighted by Gasteiger charge is -2.32. The van der Waals surface area contributed by atoms with Crippen LogP contribution in [0.4, 0.5) is 0 Å². The third-order valence-electron chi connectivity index (χ3n) is 3.19. The van der Waals surface area contributed by atoms with Crippen LogP contribution in [0.3, 0.4) is 0 Å². The van der Waals surface area contributed by atoms with E-state index in [9.17, 15) is 13.2 Å². The number of aliphatic hydroxyl groups excluding tert-OH is 1. The molecule has 1 saturated carbocycles. The lowest BCUT2D eigenvalue weighted by Crippen LogP contribution is -2.45. The number of esters is 1. The Kier molecular flexibility index (Phi) is 6.04. The van der Waals surface area contributed by atoms with Crippen molar-refractivity contribution < 1.29 is 23.1 Å². The Morgan fingerprint density at radius 3 is 2.44 bits per heavy atom. The number of hydrogen-bond donors (Lipinski definition) is 1. The Bertz CT molecular complexity index is 362. The summed E-state index contributed by atoms with van der Waals surface area (Å²) < 4.78 is 29.9. The highest BCUT2D eigenvalue weighted by Crippen LogP contribution is 2.24. The zero-order valence-corrected chi connectivity index (χ0v) is 11.5. The Labute approximate surface area is 108 Å². The van der Waals surface area contributed by atoms with Gasteiger partial charge in [0.05, 0.1) is 13.7 Å². The fraction of sp³-hybridized carbons (Fsp3) is 0.909. The second kappa shape index (κ2) is 7.06. The van der Waals surface area contributed by atoms with Gasteiger partial charge in [-0.05, 0) is 12.8 Å². The smallest absolute Gasteiger partial charge is 0.322 e. The minimum atomic E-state index is -3.70. The zero-order chi connectivity index (χ0) is 13.6. The Hall–Kier alpha value is -0.660. The molecule has 0 heterocycles. The van der Waals surface area contributed by atoms with Crippen molar-refractivity contribution in [2.75, 3.05) is 26.0 Å². The van der Waals surface area contributed by atoms with Crippen LogP contribution in [0.2, 0.25) is 0 Å². The van der Waals surface area contributed by atoms with E-state index in [0.717, 1.165) is 39.2 Å². The molecule has 106 valence electrons. The summed E-state index contributed by atoms with van der Waals surface area (Å²) in [4.78, 5) is 11.1. The minimum absolute atomic E-state index is 0.0456. The zero-order valence-electron chi connectivity index (χ0n) is 10.7. The number of methoxy groups -OCH3 is 1. The van der Waals surface area contributed by atoms with Crippen molar-refractivity contribution in [2.45, 2.75) is 38.1 Å². The Balaban J connectivity index is 2.78. The van der Waals surface area contributed by atoms with Gasteiger partial charge in [0.15, 0.2) is 5.75 Å². The van der Waals surface area contributed by atoms with Crippen LogP contribution >= 0.6 is 0 Å². The van der Waals surface area contributed by atoms with Crippen LogP contribution in [0.15, 0.2) is 0 Å². The van der Waals surface area contributed by atoms with Gasteiger partial charge >= 0.3 is 5.97 Å². The summed E-state index contributed by atoms with van der Waals surface area (Å²) in [6.07, 6.45) is 4.67. The van der Waals surface area contributed by atoms with Crippen molar-refractivity contribution in [2.24, 2.45) is 0 Å². The molecule has 0 saturated heterocycles. The molecule has 18 heavy (non-hydrogen) atoms. The van der Waals surface area contributed by atoms with E-state index in [1.165, 1.54) is 4.31 Å². The lowest BCUT2D eigenvalue weighted by molar-refractivity contribution is -0.137. The summed E-state index contributed by atoms with van der Waals surface area (Å²) in [5, 5.41) is 9.00. The molecule has 0 radical (unpaired) electrons. The predicted molar refractivity (Wildman–Crippen MR) is 66.5 cm³/mol. The van der Waals surface area contributed by atoms with Crippen molar-refractivity contribution in [1.82, 2.24) is 4.31 Å². The molecule has 0 aromatic rings. The van der Waals surface area contributed by atoms with Crippen LogP contribution in [0.5, 0.6) is 0 Å². The van der Waals surface area contributed by atoms with Gasteiger partial charge in [0, 0.05) is 12.6 Å². The molecule has 1 N–H and O–H groups in total. The van der Waals surface area contributed by atoms with Crippen LogP contribution < -0.4 is 0 Å². The molecule has 0 aromatic heterocycles. The SMILES string of the molecule is COC(=O)CS(=O)(=O)N(CCO)C1CCCCC1. The number of sulfonamides is 1. The topological polar surface area (TPSA) is 83.9 Å². The molecule has 0 spiro atoms. The van der Waals surface area contributed by atoms with Gasteiger partial charge in [-0.3, -0.25) is 4.79 Å². The maximum atomic E-state index is 12.1. The van der Waals surface area contributed by atoms with Gasteiger partial charge in [0.1, 0.15) is 0 Å². The van der Waals surface area contributed by atoms with E-state index in [1.54, 1.807) is 0 Å². The van der Waals surface area contributed by atoms with Crippen LogP contribution in [-0.4, -0.2) is 55.9 Å². The predicted octanol–water partition coefficient (Wildman–Crippen LogP) is 0.116. The molecule has 0 amide bonds. The largest absolute Gasteiger partial charge is 0.468 e. The molecule has 7 heteroatoms. The van der Waals surface area contributed by atoms with E-state index in [0.29, 0.717) is 0 Å². The number of carbonyl (C=O) groups is 1. The molecule has 1 aliphatic carbocycles. The molecule has 1 aliphatic rings. The number of hydrogen-bond acceptors (Lipinski definition) is 5. The van der Waals surface area contributed by atoms with Gasteiger partial charge in [0.2, 0.25) is 10.0 Å². The van der Waals surface area contributed by atoms with Crippen LogP contribution in [-0.2, 0) is 19.6 Å². The second-order valence-corrected chi connectivity index (χ2v) is 6.38. The normalized spacial score (nSPS) is 17.9. The summed E-state index contributed by atoms with van der Waals surface area (Å²) in [6, 6.07) is -0.0967. The second-order valence-electron chi connectivity index (χ2n) is 4.46. The highest BCUT2D eigenvalue weighted by molar-refractivity contribution is 7.89. The highest BCUT2D eigenvalue weighted by Gasteiger charge is 2.32. The van der Waals surface area contributed by atoms with Crippen LogP contribution in [0, 0.1) is 0 Å². The number of aliphatic hydroxyl groups is 1. The summed E-state index contributed by atoms with van der Waals surface area (Å²) in [6.45, 7) is -0.194. The van der Waals surface area contributed by atoms with Crippen LogP contribution in [0.1, 0.15) is 32.1 Å². The maximum Gasteiger partial charge on any atom is 0.322 e. The van der Waals surface area contributed by atoms with E-state index >= 15 is 0 Å². The fourth-order valence-electron chi connectivity index (χ4n) is 2.31. The van der Waals surface area contributed by atoms with Gasteiger partial charge in [-0.25, -0.2) is 8.42 Å². The molecule has 0 aliphatic heterocycles. The van der Waals surface area contributed by atoms with Crippen molar-refractivity contribution in [1.29, 1.82) is 0 Å². The first kappa shape index (κ1) is 15.4.